The van der Waals surface area contributed by atoms with Crippen LogP contribution in [0.5, 0.6) is 11.8 Å². The first-order valence-corrected chi connectivity index (χ1v) is 18.1. The molecule has 282 valence electrons. The number of anilines is 1. The number of fused-ring (bicyclic) bond motifs is 3. The topological polar surface area (TPSA) is 108 Å². The summed E-state index contributed by atoms with van der Waals surface area (Å²) in [4.78, 5) is 36.4. The van der Waals surface area contributed by atoms with E-state index >= 15 is 8.78 Å². The molecule has 0 bridgehead atoms. The lowest BCUT2D eigenvalue weighted by Crippen LogP contribution is -2.44. The van der Waals surface area contributed by atoms with E-state index in [9.17, 15) is 18.7 Å². The summed E-state index contributed by atoms with van der Waals surface area (Å²) in [5.41, 5.74) is -0.725. The van der Waals surface area contributed by atoms with Gasteiger partial charge in [0.25, 0.3) is 5.91 Å². The number of phenolic OH excluding ortho intramolecular Hbond substituents is 1. The molecule has 3 aliphatic rings. The number of carbonyl (C=O) groups excluding carboxylic acids is 1. The molecule has 8 rings (SSSR count). The molecule has 3 saturated heterocycles. The second-order valence-electron chi connectivity index (χ2n) is 14.5. The number of pyridine rings is 2. The van der Waals surface area contributed by atoms with Crippen LogP contribution in [-0.4, -0.2) is 97.8 Å². The molecule has 1 N–H and O–H groups in total. The number of hydrogen-bond acceptors (Lipinski definition) is 9. The van der Waals surface area contributed by atoms with Gasteiger partial charge in [0, 0.05) is 62.0 Å². The summed E-state index contributed by atoms with van der Waals surface area (Å²) >= 11 is 0. The molecule has 2 aromatic carbocycles. The van der Waals surface area contributed by atoms with Crippen LogP contribution < -0.4 is 9.64 Å². The Kier molecular flexibility index (Phi) is 9.29. The van der Waals surface area contributed by atoms with Crippen LogP contribution in [0.15, 0.2) is 60.7 Å². The summed E-state index contributed by atoms with van der Waals surface area (Å²) in [5, 5.41) is 11.4. The van der Waals surface area contributed by atoms with Crippen molar-refractivity contribution in [3.8, 4) is 35.4 Å². The number of aromatic hydroxyl groups is 1. The maximum atomic E-state index is 17.1. The molecule has 0 spiro atoms. The Morgan fingerprint density at radius 1 is 1.18 bits per heavy atom. The van der Waals surface area contributed by atoms with Crippen LogP contribution in [-0.2, 0) is 4.79 Å². The van der Waals surface area contributed by atoms with Crippen molar-refractivity contribution in [3.63, 3.8) is 0 Å². The molecule has 14 heteroatoms. The van der Waals surface area contributed by atoms with Gasteiger partial charge in [-0.3, -0.25) is 19.7 Å². The van der Waals surface area contributed by atoms with Crippen molar-refractivity contribution in [2.75, 3.05) is 38.2 Å². The third kappa shape index (κ3) is 6.36. The predicted molar refractivity (Wildman–Crippen MR) is 200 cm³/mol. The van der Waals surface area contributed by atoms with Gasteiger partial charge in [-0.25, -0.2) is 17.6 Å². The smallest absolute Gasteiger partial charge is 0.319 e. The maximum Gasteiger partial charge on any atom is 0.319 e. The molecule has 0 aliphatic carbocycles. The number of phenols is 1. The quantitative estimate of drug-likeness (QED) is 0.107. The van der Waals surface area contributed by atoms with Gasteiger partial charge in [0.05, 0.1) is 28.2 Å². The zero-order chi connectivity index (χ0) is 38.6. The van der Waals surface area contributed by atoms with Gasteiger partial charge in [0.2, 0.25) is 0 Å². The zero-order valence-electron chi connectivity index (χ0n) is 30.1. The highest BCUT2D eigenvalue weighted by atomic mass is 19.1. The molecule has 55 heavy (non-hydrogen) atoms. The van der Waals surface area contributed by atoms with Crippen molar-refractivity contribution in [2.45, 2.75) is 56.4 Å². The lowest BCUT2D eigenvalue weighted by atomic mass is 9.95. The van der Waals surface area contributed by atoms with E-state index in [0.29, 0.717) is 30.5 Å². The summed E-state index contributed by atoms with van der Waals surface area (Å²) in [5.74, 6) is -0.973. The van der Waals surface area contributed by atoms with Crippen molar-refractivity contribution in [3.05, 3.63) is 83.6 Å². The summed E-state index contributed by atoms with van der Waals surface area (Å²) in [6.45, 7) is 3.17. The Bertz CT molecular complexity index is 2410. The van der Waals surface area contributed by atoms with Crippen LogP contribution in [0, 0.1) is 24.0 Å². The Morgan fingerprint density at radius 3 is 2.80 bits per heavy atom. The highest BCUT2D eigenvalue weighted by Gasteiger charge is 2.49. The standard InChI is InChI=1S/C41H37F4N7O3/c1-4-28-31(43)10-9-24-16-27(53)18-29(34(24)28)36-35(45)37-30(20-47-36)38(49-40(48-37)55-22-41-12-7-14-51(41)21-25(42)19-41)50(3)33-11-15-52(23(33)2)39(54)32(44)17-26-8-5-6-13-46-26/h1,5-6,8-10,13,16-18,20,23,25,33,53H,7,11-12,14-15,19,21-22H2,2-3H3/b32-17-/t23?,25?,33-,41+/m1/s1. The Hall–Kier alpha value is -5.81. The van der Waals surface area contributed by atoms with E-state index in [0.717, 1.165) is 25.5 Å². The van der Waals surface area contributed by atoms with Gasteiger partial charge in [0.15, 0.2) is 11.6 Å². The number of likely N-dealkylation sites (N-methyl/N-ethyl adjacent to an activating group) is 1. The van der Waals surface area contributed by atoms with E-state index in [1.165, 1.54) is 41.6 Å². The molecule has 3 fully saturated rings. The number of amides is 1. The number of carbonyl (C=O) groups is 1. The Labute approximate surface area is 314 Å². The number of benzene rings is 2. The molecule has 2 unspecified atom stereocenters. The van der Waals surface area contributed by atoms with E-state index in [2.05, 4.69) is 25.8 Å². The van der Waals surface area contributed by atoms with E-state index in [1.54, 1.807) is 37.1 Å². The van der Waals surface area contributed by atoms with E-state index < -0.39 is 47.2 Å². The average Bonchev–Trinajstić information content (AvgIpc) is 3.84. The van der Waals surface area contributed by atoms with Crippen molar-refractivity contribution < 1.29 is 32.2 Å². The molecule has 10 nitrogen and oxygen atoms in total. The highest BCUT2D eigenvalue weighted by molar-refractivity contribution is 6.03. The van der Waals surface area contributed by atoms with Crippen LogP contribution in [0.25, 0.3) is 39.0 Å². The number of ether oxygens (including phenoxy) is 1. The first kappa shape index (κ1) is 36.2. The molecule has 4 atom stereocenters. The molecule has 0 saturated carbocycles. The SMILES string of the molecule is C#Cc1c(F)ccc2cc(O)cc(-c3ncc4c(N(C)[C@@H]5CCN(C(=O)/C(F)=C/c6ccccn6)C5C)nc(OC[C@@]56CCCN5CC(F)C6)nc4c3F)c12. The Balaban J connectivity index is 1.20. The first-order chi connectivity index (χ1) is 26.5. The summed E-state index contributed by atoms with van der Waals surface area (Å²) in [6, 6.07) is 9.18. The lowest BCUT2D eigenvalue weighted by molar-refractivity contribution is -0.129. The summed E-state index contributed by atoms with van der Waals surface area (Å²) in [6.07, 6.45) is 11.0. The number of aromatic nitrogens is 4. The molecule has 1 amide bonds. The number of halogens is 4. The largest absolute Gasteiger partial charge is 0.508 e. The molecule has 3 aromatic heterocycles. The van der Waals surface area contributed by atoms with Gasteiger partial charge >= 0.3 is 6.01 Å². The van der Waals surface area contributed by atoms with Gasteiger partial charge in [-0.2, -0.15) is 9.97 Å². The fraction of sp³-hybridized carbons (Fsp3) is 0.341. The highest BCUT2D eigenvalue weighted by Crippen LogP contribution is 2.42. The fourth-order valence-electron chi connectivity index (χ4n) is 8.62. The number of nitrogens with zero attached hydrogens (tertiary/aromatic N) is 7. The van der Waals surface area contributed by atoms with E-state index in [-0.39, 0.29) is 63.8 Å². The van der Waals surface area contributed by atoms with Crippen LogP contribution in [0.3, 0.4) is 0 Å². The minimum absolute atomic E-state index is 0.0534. The lowest BCUT2D eigenvalue weighted by Gasteiger charge is -2.33. The summed E-state index contributed by atoms with van der Waals surface area (Å²) < 4.78 is 68.1. The Morgan fingerprint density at radius 2 is 2.02 bits per heavy atom. The van der Waals surface area contributed by atoms with Crippen LogP contribution in [0.1, 0.15) is 43.9 Å². The number of hydrogen-bond donors (Lipinski definition) is 1. The molecule has 5 aromatic rings. The van der Waals surface area contributed by atoms with Gasteiger partial charge in [-0.05, 0) is 68.4 Å². The van der Waals surface area contributed by atoms with Crippen LogP contribution >= 0.6 is 0 Å². The average molecular weight is 752 g/mol. The normalized spacial score (nSPS) is 22.7. The van der Waals surface area contributed by atoms with E-state index in [4.69, 9.17) is 16.1 Å². The number of terminal acetylenes is 1. The third-order valence-electron chi connectivity index (χ3n) is 11.3. The number of likely N-dealkylation sites (tertiary alicyclic amines) is 1. The van der Waals surface area contributed by atoms with Gasteiger partial charge in [0.1, 0.15) is 41.4 Å². The van der Waals surface area contributed by atoms with Gasteiger partial charge < -0.3 is 19.6 Å². The molecular formula is C41H37F4N7O3. The van der Waals surface area contributed by atoms with Crippen molar-refractivity contribution in [1.82, 2.24) is 29.7 Å². The second kappa shape index (κ2) is 14.1. The summed E-state index contributed by atoms with van der Waals surface area (Å²) in [7, 11) is 1.74. The fourth-order valence-corrected chi connectivity index (χ4v) is 8.62. The van der Waals surface area contributed by atoms with Crippen molar-refractivity contribution >= 4 is 39.5 Å². The maximum absolute atomic E-state index is 17.1. The first-order valence-electron chi connectivity index (χ1n) is 18.1. The van der Waals surface area contributed by atoms with E-state index in [1.807, 2.05) is 0 Å². The van der Waals surface area contributed by atoms with Crippen LogP contribution in [0.2, 0.25) is 0 Å². The number of rotatable bonds is 8. The molecule has 0 radical (unpaired) electrons. The molecule has 3 aliphatic heterocycles. The third-order valence-corrected chi connectivity index (χ3v) is 11.3. The van der Waals surface area contributed by atoms with Crippen molar-refractivity contribution in [2.24, 2.45) is 0 Å². The number of alkyl halides is 1. The van der Waals surface area contributed by atoms with Crippen LogP contribution in [0.4, 0.5) is 23.4 Å². The van der Waals surface area contributed by atoms with Gasteiger partial charge in [-0.15, -0.1) is 6.42 Å². The zero-order valence-corrected chi connectivity index (χ0v) is 30.1. The van der Waals surface area contributed by atoms with Gasteiger partial charge in [-0.1, -0.05) is 18.1 Å². The monoisotopic (exact) mass is 751 g/mol. The second-order valence-corrected chi connectivity index (χ2v) is 14.5. The minimum atomic E-state index is -0.998. The molecular weight excluding hydrogens is 714 g/mol. The predicted octanol–water partition coefficient (Wildman–Crippen LogP) is 6.60. The minimum Gasteiger partial charge on any atom is -0.508 e. The van der Waals surface area contributed by atoms with Crippen molar-refractivity contribution in [1.29, 1.82) is 0 Å². The molecule has 6 heterocycles.